The lowest BCUT2D eigenvalue weighted by Crippen LogP contribution is -2.36. The first kappa shape index (κ1) is 15.6. The third-order valence-electron chi connectivity index (χ3n) is 4.10. The number of nitrogens with zero attached hydrogens (tertiary/aromatic N) is 1. The zero-order valence-corrected chi connectivity index (χ0v) is 13.4. The molecule has 0 saturated carbocycles. The Morgan fingerprint density at radius 3 is 2.70 bits per heavy atom. The van der Waals surface area contributed by atoms with E-state index < -0.39 is 0 Å². The number of halogens is 1. The average Bonchev–Trinajstić information content (AvgIpc) is 2.47. The molecule has 0 radical (unpaired) electrons. The summed E-state index contributed by atoms with van der Waals surface area (Å²) in [6, 6.07) is 7.25. The molecule has 0 bridgehead atoms. The summed E-state index contributed by atoms with van der Waals surface area (Å²) >= 11 is 6.49. The minimum absolute atomic E-state index is 0.333. The highest BCUT2D eigenvalue weighted by atomic mass is 35.5. The normalized spacial score (nSPS) is 18.0. The van der Waals surface area contributed by atoms with Crippen molar-refractivity contribution >= 4 is 17.3 Å². The molecular weight excluding hydrogens is 272 g/mol. The Kier molecular flexibility index (Phi) is 5.70. The minimum atomic E-state index is 0.333. The van der Waals surface area contributed by atoms with Crippen LogP contribution in [0.3, 0.4) is 0 Å². The summed E-state index contributed by atoms with van der Waals surface area (Å²) in [6.45, 7) is 6.94. The Morgan fingerprint density at radius 2 is 2.10 bits per heavy atom. The van der Waals surface area contributed by atoms with Gasteiger partial charge in [0.2, 0.25) is 0 Å². The minimum Gasteiger partial charge on any atom is -0.381 e. The summed E-state index contributed by atoms with van der Waals surface area (Å²) in [7, 11) is 2.13. The van der Waals surface area contributed by atoms with Crippen LogP contribution in [0.2, 0.25) is 5.02 Å². The van der Waals surface area contributed by atoms with Gasteiger partial charge in [-0.2, -0.15) is 0 Å². The van der Waals surface area contributed by atoms with Gasteiger partial charge in [-0.3, -0.25) is 0 Å². The maximum atomic E-state index is 6.49. The van der Waals surface area contributed by atoms with Gasteiger partial charge in [-0.25, -0.2) is 0 Å². The van der Waals surface area contributed by atoms with Gasteiger partial charge < -0.3 is 15.0 Å². The zero-order chi connectivity index (χ0) is 14.5. The molecule has 4 heteroatoms. The zero-order valence-electron chi connectivity index (χ0n) is 12.7. The third kappa shape index (κ3) is 3.66. The van der Waals surface area contributed by atoms with E-state index >= 15 is 0 Å². The van der Waals surface area contributed by atoms with E-state index in [9.17, 15) is 0 Å². The lowest BCUT2D eigenvalue weighted by Gasteiger charge is -2.33. The van der Waals surface area contributed by atoms with Gasteiger partial charge in [-0.05, 0) is 44.0 Å². The number of benzene rings is 1. The molecule has 1 aliphatic rings. The fraction of sp³-hybridized carbons (Fsp3) is 0.625. The average molecular weight is 297 g/mol. The monoisotopic (exact) mass is 296 g/mol. The molecule has 1 heterocycles. The van der Waals surface area contributed by atoms with Gasteiger partial charge in [-0.15, -0.1) is 0 Å². The molecule has 1 aromatic carbocycles. The Labute approximate surface area is 127 Å². The molecular formula is C16H25ClN2O. The standard InChI is InChI=1S/C16H25ClN2O/c1-4-18-12(2)13-5-6-16(15(17)11-13)19(3)14-7-9-20-10-8-14/h5-6,11-12,14,18H,4,7-10H2,1-3H3. The number of hydrogen-bond acceptors (Lipinski definition) is 3. The molecule has 0 spiro atoms. The smallest absolute Gasteiger partial charge is 0.0642 e. The lowest BCUT2D eigenvalue weighted by atomic mass is 10.0. The second-order valence-electron chi connectivity index (χ2n) is 5.44. The van der Waals surface area contributed by atoms with Gasteiger partial charge in [0.05, 0.1) is 10.7 Å². The van der Waals surface area contributed by atoms with Gasteiger partial charge in [0.25, 0.3) is 0 Å². The van der Waals surface area contributed by atoms with Crippen molar-refractivity contribution in [3.63, 3.8) is 0 Å². The van der Waals surface area contributed by atoms with Gasteiger partial charge >= 0.3 is 0 Å². The van der Waals surface area contributed by atoms with Crippen LogP contribution in [0.4, 0.5) is 5.69 Å². The molecule has 0 aromatic heterocycles. The first-order valence-corrected chi connectivity index (χ1v) is 7.84. The van der Waals surface area contributed by atoms with Crippen LogP contribution in [-0.2, 0) is 4.74 Å². The number of rotatable bonds is 5. The van der Waals surface area contributed by atoms with E-state index in [1.807, 2.05) is 0 Å². The van der Waals surface area contributed by atoms with Crippen molar-refractivity contribution in [3.8, 4) is 0 Å². The Morgan fingerprint density at radius 1 is 1.40 bits per heavy atom. The maximum absolute atomic E-state index is 6.49. The van der Waals surface area contributed by atoms with Crippen LogP contribution < -0.4 is 10.2 Å². The third-order valence-corrected chi connectivity index (χ3v) is 4.40. The second kappa shape index (κ2) is 7.30. The molecule has 1 saturated heterocycles. The van der Waals surface area contributed by atoms with Gasteiger partial charge in [0.1, 0.15) is 0 Å². The molecule has 1 N–H and O–H groups in total. The second-order valence-corrected chi connectivity index (χ2v) is 5.85. The summed E-state index contributed by atoms with van der Waals surface area (Å²) < 4.78 is 5.43. The van der Waals surface area contributed by atoms with Crippen molar-refractivity contribution in [1.82, 2.24) is 5.32 Å². The molecule has 1 aromatic rings. The summed E-state index contributed by atoms with van der Waals surface area (Å²) in [4.78, 5) is 2.30. The van der Waals surface area contributed by atoms with Crippen molar-refractivity contribution in [2.45, 2.75) is 38.8 Å². The SMILES string of the molecule is CCNC(C)c1ccc(N(C)C2CCOCC2)c(Cl)c1. The van der Waals surface area contributed by atoms with Crippen LogP contribution in [0.15, 0.2) is 18.2 Å². The van der Waals surface area contributed by atoms with Crippen LogP contribution in [0, 0.1) is 0 Å². The van der Waals surface area contributed by atoms with E-state index in [0.717, 1.165) is 43.3 Å². The molecule has 112 valence electrons. The molecule has 0 aliphatic carbocycles. The Hall–Kier alpha value is -0.770. The van der Waals surface area contributed by atoms with E-state index in [2.05, 4.69) is 49.3 Å². The molecule has 1 fully saturated rings. The molecule has 0 amide bonds. The summed E-state index contributed by atoms with van der Waals surface area (Å²) in [5.74, 6) is 0. The quantitative estimate of drug-likeness (QED) is 0.898. The fourth-order valence-electron chi connectivity index (χ4n) is 2.77. The highest BCUT2D eigenvalue weighted by Gasteiger charge is 2.20. The number of hydrogen-bond donors (Lipinski definition) is 1. The molecule has 1 atom stereocenters. The highest BCUT2D eigenvalue weighted by molar-refractivity contribution is 6.33. The van der Waals surface area contributed by atoms with E-state index in [0.29, 0.717) is 12.1 Å². The van der Waals surface area contributed by atoms with E-state index in [1.54, 1.807) is 0 Å². The van der Waals surface area contributed by atoms with Crippen molar-refractivity contribution in [3.05, 3.63) is 28.8 Å². The van der Waals surface area contributed by atoms with Crippen LogP contribution in [0.1, 0.15) is 38.3 Å². The predicted octanol–water partition coefficient (Wildman–Crippen LogP) is 3.63. The summed E-state index contributed by atoms with van der Waals surface area (Å²) in [6.07, 6.45) is 2.14. The van der Waals surface area contributed by atoms with Crippen molar-refractivity contribution < 1.29 is 4.74 Å². The van der Waals surface area contributed by atoms with Crippen LogP contribution >= 0.6 is 11.6 Å². The van der Waals surface area contributed by atoms with Crippen LogP contribution in [0.5, 0.6) is 0 Å². The molecule has 1 unspecified atom stereocenters. The van der Waals surface area contributed by atoms with Crippen molar-refractivity contribution in [2.24, 2.45) is 0 Å². The largest absolute Gasteiger partial charge is 0.381 e. The molecule has 20 heavy (non-hydrogen) atoms. The number of nitrogens with one attached hydrogen (secondary N) is 1. The van der Waals surface area contributed by atoms with Crippen LogP contribution in [0.25, 0.3) is 0 Å². The van der Waals surface area contributed by atoms with Gasteiger partial charge in [0, 0.05) is 32.3 Å². The lowest BCUT2D eigenvalue weighted by molar-refractivity contribution is 0.0855. The topological polar surface area (TPSA) is 24.5 Å². The molecule has 3 nitrogen and oxygen atoms in total. The summed E-state index contributed by atoms with van der Waals surface area (Å²) in [5.41, 5.74) is 2.35. The van der Waals surface area contributed by atoms with Crippen molar-refractivity contribution in [2.75, 3.05) is 31.7 Å². The van der Waals surface area contributed by atoms with E-state index in [1.165, 1.54) is 5.56 Å². The highest BCUT2D eigenvalue weighted by Crippen LogP contribution is 2.31. The van der Waals surface area contributed by atoms with Gasteiger partial charge in [-0.1, -0.05) is 24.6 Å². The predicted molar refractivity (Wildman–Crippen MR) is 85.8 cm³/mol. The van der Waals surface area contributed by atoms with Crippen molar-refractivity contribution in [1.29, 1.82) is 0 Å². The van der Waals surface area contributed by atoms with Gasteiger partial charge in [0.15, 0.2) is 0 Å². The number of anilines is 1. The van der Waals surface area contributed by atoms with E-state index in [-0.39, 0.29) is 0 Å². The van der Waals surface area contributed by atoms with E-state index in [4.69, 9.17) is 16.3 Å². The Bertz CT molecular complexity index is 432. The van der Waals surface area contributed by atoms with Crippen LogP contribution in [-0.4, -0.2) is 32.8 Å². The summed E-state index contributed by atoms with van der Waals surface area (Å²) in [5, 5.41) is 4.25. The maximum Gasteiger partial charge on any atom is 0.0642 e. The molecule has 2 rings (SSSR count). The molecule has 1 aliphatic heterocycles. The number of ether oxygens (including phenoxy) is 1. The first-order chi connectivity index (χ1) is 9.63. The Balaban J connectivity index is 2.12. The fourth-order valence-corrected chi connectivity index (χ4v) is 3.09. The first-order valence-electron chi connectivity index (χ1n) is 7.47.